The lowest BCUT2D eigenvalue weighted by Gasteiger charge is -2.23. The van der Waals surface area contributed by atoms with Crippen LogP contribution in [0.2, 0.25) is 0 Å². The molecule has 3 amide bonds. The lowest BCUT2D eigenvalue weighted by atomic mass is 9.98. The van der Waals surface area contributed by atoms with E-state index in [9.17, 15) is 19.2 Å². The van der Waals surface area contributed by atoms with E-state index in [1.807, 2.05) is 48.5 Å². The number of fused-ring (bicyclic) bond motifs is 3. The topological polar surface area (TPSA) is 132 Å². The van der Waals surface area contributed by atoms with Gasteiger partial charge < -0.3 is 30.2 Å². The first-order valence-electron chi connectivity index (χ1n) is 12.0. The largest absolute Gasteiger partial charge is 0.468 e. The number of amides is 3. The maximum atomic E-state index is 12.7. The second-order valence-corrected chi connectivity index (χ2v) is 9.55. The van der Waals surface area contributed by atoms with E-state index < -0.39 is 35.8 Å². The Labute approximate surface area is 216 Å². The fourth-order valence-electron chi connectivity index (χ4n) is 4.05. The molecule has 3 N–H and O–H groups in total. The molecule has 0 bridgehead atoms. The minimum atomic E-state index is -0.958. The number of methoxy groups -OCH3 is 1. The highest BCUT2D eigenvalue weighted by atomic mass is 16.6. The van der Waals surface area contributed by atoms with Crippen molar-refractivity contribution in [1.29, 1.82) is 0 Å². The molecule has 2 aromatic carbocycles. The molecular formula is C27H33N3O7. The number of ether oxygens (including phenoxy) is 3. The Hall–Kier alpha value is -4.08. The highest BCUT2D eigenvalue weighted by Crippen LogP contribution is 2.44. The number of hydrogen-bond acceptors (Lipinski definition) is 7. The third kappa shape index (κ3) is 7.96. The van der Waals surface area contributed by atoms with Crippen LogP contribution in [0.3, 0.4) is 0 Å². The van der Waals surface area contributed by atoms with Gasteiger partial charge in [-0.1, -0.05) is 48.5 Å². The van der Waals surface area contributed by atoms with Gasteiger partial charge in [0.1, 0.15) is 24.9 Å². The minimum absolute atomic E-state index is 0.0464. The Morgan fingerprint density at radius 2 is 1.49 bits per heavy atom. The zero-order chi connectivity index (χ0) is 27.0. The molecule has 0 radical (unpaired) electrons. The van der Waals surface area contributed by atoms with Crippen molar-refractivity contribution in [3.8, 4) is 11.1 Å². The molecule has 0 aromatic heterocycles. The SMILES string of the molecule is COC(=O)CNC(=O)N[C@H](CCC(=O)OC(C)(C)C)NC(=O)OCC1c2ccccc2-c2ccccc21. The van der Waals surface area contributed by atoms with Gasteiger partial charge >= 0.3 is 24.1 Å². The van der Waals surface area contributed by atoms with Crippen LogP contribution in [-0.4, -0.2) is 56.1 Å². The predicted molar refractivity (Wildman–Crippen MR) is 136 cm³/mol. The van der Waals surface area contributed by atoms with Crippen LogP contribution >= 0.6 is 0 Å². The van der Waals surface area contributed by atoms with Gasteiger partial charge in [-0.15, -0.1) is 0 Å². The van der Waals surface area contributed by atoms with Crippen molar-refractivity contribution in [3.63, 3.8) is 0 Å². The van der Waals surface area contributed by atoms with Crippen molar-refractivity contribution in [3.05, 3.63) is 59.7 Å². The van der Waals surface area contributed by atoms with E-state index in [4.69, 9.17) is 9.47 Å². The predicted octanol–water partition coefficient (Wildman–Crippen LogP) is 3.45. The van der Waals surface area contributed by atoms with Gasteiger partial charge in [-0.2, -0.15) is 0 Å². The van der Waals surface area contributed by atoms with Crippen molar-refractivity contribution in [2.75, 3.05) is 20.3 Å². The van der Waals surface area contributed by atoms with Gasteiger partial charge in [0, 0.05) is 12.3 Å². The summed E-state index contributed by atoms with van der Waals surface area (Å²) in [5, 5.41) is 7.44. The van der Waals surface area contributed by atoms with Crippen LogP contribution in [0.5, 0.6) is 0 Å². The number of benzene rings is 2. The molecular weight excluding hydrogens is 478 g/mol. The summed E-state index contributed by atoms with van der Waals surface area (Å²) in [6.45, 7) is 4.97. The molecule has 0 heterocycles. The van der Waals surface area contributed by atoms with E-state index in [0.29, 0.717) is 0 Å². The monoisotopic (exact) mass is 511 g/mol. The molecule has 0 fully saturated rings. The number of nitrogens with one attached hydrogen (secondary N) is 3. The average Bonchev–Trinajstić information content (AvgIpc) is 3.17. The number of rotatable bonds is 9. The lowest BCUT2D eigenvalue weighted by Crippen LogP contribution is -2.52. The molecule has 1 aliphatic rings. The molecule has 1 aliphatic carbocycles. The first-order chi connectivity index (χ1) is 17.6. The number of urea groups is 1. The average molecular weight is 512 g/mol. The highest BCUT2D eigenvalue weighted by molar-refractivity contribution is 5.81. The van der Waals surface area contributed by atoms with Crippen molar-refractivity contribution >= 4 is 24.1 Å². The molecule has 3 rings (SSSR count). The number of alkyl carbamates (subject to hydrolysis) is 1. The normalized spacial score (nSPS) is 13.0. The van der Waals surface area contributed by atoms with Crippen LogP contribution in [0.25, 0.3) is 11.1 Å². The molecule has 198 valence electrons. The molecule has 1 atom stereocenters. The Morgan fingerprint density at radius 3 is 2.05 bits per heavy atom. The molecule has 0 unspecified atom stereocenters. The summed E-state index contributed by atoms with van der Waals surface area (Å²) in [4.78, 5) is 48.4. The van der Waals surface area contributed by atoms with Gasteiger partial charge in [0.25, 0.3) is 0 Å². The fourth-order valence-corrected chi connectivity index (χ4v) is 4.05. The van der Waals surface area contributed by atoms with Crippen molar-refractivity contribution < 1.29 is 33.4 Å². The molecule has 0 saturated carbocycles. The van der Waals surface area contributed by atoms with Gasteiger partial charge in [-0.05, 0) is 49.4 Å². The third-order valence-corrected chi connectivity index (χ3v) is 5.62. The van der Waals surface area contributed by atoms with E-state index in [2.05, 4.69) is 20.7 Å². The maximum Gasteiger partial charge on any atom is 0.408 e. The zero-order valence-electron chi connectivity index (χ0n) is 21.5. The standard InChI is InChI=1S/C27H33N3O7/c1-27(2,3)37-23(31)14-13-22(29-25(33)28-15-24(32)35-4)30-26(34)36-16-21-19-11-7-5-9-17(19)18-10-6-8-12-20(18)21/h5-12,21-22H,13-16H2,1-4H3,(H,30,34)(H2,28,29,33)/t22-/m0/s1. The zero-order valence-corrected chi connectivity index (χ0v) is 21.5. The number of hydrogen-bond donors (Lipinski definition) is 3. The number of carbonyl (C=O) groups excluding carboxylic acids is 4. The number of carbonyl (C=O) groups is 4. The smallest absolute Gasteiger partial charge is 0.408 e. The number of esters is 2. The summed E-state index contributed by atoms with van der Waals surface area (Å²) >= 11 is 0. The first kappa shape index (κ1) is 27.5. The van der Waals surface area contributed by atoms with E-state index >= 15 is 0 Å². The third-order valence-electron chi connectivity index (χ3n) is 5.62. The maximum absolute atomic E-state index is 12.7. The summed E-state index contributed by atoms with van der Waals surface area (Å²) in [7, 11) is 1.20. The van der Waals surface area contributed by atoms with Crippen LogP contribution in [-0.2, 0) is 23.8 Å². The molecule has 0 aliphatic heterocycles. The minimum Gasteiger partial charge on any atom is -0.468 e. The Bertz CT molecular complexity index is 1100. The summed E-state index contributed by atoms with van der Waals surface area (Å²) in [5.41, 5.74) is 3.67. The van der Waals surface area contributed by atoms with Crippen LogP contribution in [0.15, 0.2) is 48.5 Å². The molecule has 0 spiro atoms. The Morgan fingerprint density at radius 1 is 0.892 bits per heavy atom. The first-order valence-corrected chi connectivity index (χ1v) is 12.0. The van der Waals surface area contributed by atoms with E-state index in [1.54, 1.807) is 20.8 Å². The molecule has 37 heavy (non-hydrogen) atoms. The van der Waals surface area contributed by atoms with Crippen LogP contribution in [0.1, 0.15) is 50.7 Å². The summed E-state index contributed by atoms with van der Waals surface area (Å²) < 4.78 is 15.3. The summed E-state index contributed by atoms with van der Waals surface area (Å²) in [6, 6.07) is 15.2. The van der Waals surface area contributed by atoms with E-state index in [0.717, 1.165) is 22.3 Å². The molecule has 2 aromatic rings. The van der Waals surface area contributed by atoms with Gasteiger partial charge in [0.2, 0.25) is 0 Å². The second-order valence-electron chi connectivity index (χ2n) is 9.55. The van der Waals surface area contributed by atoms with Gasteiger partial charge in [-0.25, -0.2) is 9.59 Å². The molecule has 10 heteroatoms. The lowest BCUT2D eigenvalue weighted by molar-refractivity contribution is -0.155. The molecule has 0 saturated heterocycles. The fraction of sp³-hybridized carbons (Fsp3) is 0.407. The Balaban J connectivity index is 1.62. The van der Waals surface area contributed by atoms with Gasteiger partial charge in [-0.3, -0.25) is 9.59 Å². The molecule has 10 nitrogen and oxygen atoms in total. The van der Waals surface area contributed by atoms with E-state index in [-0.39, 0.29) is 31.9 Å². The van der Waals surface area contributed by atoms with Crippen molar-refractivity contribution in [2.45, 2.75) is 51.3 Å². The highest BCUT2D eigenvalue weighted by Gasteiger charge is 2.29. The summed E-state index contributed by atoms with van der Waals surface area (Å²) in [5.74, 6) is -1.25. The summed E-state index contributed by atoms with van der Waals surface area (Å²) in [6.07, 6.45) is -1.74. The quantitative estimate of drug-likeness (QED) is 0.267. The van der Waals surface area contributed by atoms with Gasteiger partial charge in [0.15, 0.2) is 0 Å². The van der Waals surface area contributed by atoms with Crippen molar-refractivity contribution in [1.82, 2.24) is 16.0 Å². The van der Waals surface area contributed by atoms with Crippen LogP contribution in [0, 0.1) is 0 Å². The Kier molecular flexibility index (Phi) is 9.10. The van der Waals surface area contributed by atoms with Gasteiger partial charge in [0.05, 0.1) is 7.11 Å². The van der Waals surface area contributed by atoms with E-state index in [1.165, 1.54) is 7.11 Å². The van der Waals surface area contributed by atoms with Crippen LogP contribution < -0.4 is 16.0 Å². The van der Waals surface area contributed by atoms with Crippen LogP contribution in [0.4, 0.5) is 9.59 Å². The second kappa shape index (κ2) is 12.2. The van der Waals surface area contributed by atoms with Crippen molar-refractivity contribution in [2.24, 2.45) is 0 Å².